The molecule has 25 heavy (non-hydrogen) atoms. The summed E-state index contributed by atoms with van der Waals surface area (Å²) in [4.78, 5) is 0. The maximum absolute atomic E-state index is 12.8. The second kappa shape index (κ2) is 6.43. The van der Waals surface area contributed by atoms with Crippen molar-refractivity contribution in [2.45, 2.75) is 32.9 Å². The molecule has 1 aromatic heterocycles. The molecule has 1 heterocycles. The Bertz CT molecular complexity index is 854. The fraction of sp³-hybridized carbons (Fsp3) is 0.238. The topological polar surface area (TPSA) is 4.93 Å². The van der Waals surface area contributed by atoms with E-state index in [0.29, 0.717) is 5.92 Å². The Kier molecular flexibility index (Phi) is 4.46. The normalized spacial score (nSPS) is 12.0. The minimum atomic E-state index is -4.32. The van der Waals surface area contributed by atoms with E-state index in [0.717, 1.165) is 34.8 Å². The molecule has 3 rings (SSSR count). The molecule has 0 atom stereocenters. The molecule has 0 aliphatic carbocycles. The van der Waals surface area contributed by atoms with Crippen molar-refractivity contribution in [3.8, 4) is 16.9 Å². The molecule has 1 nitrogen and oxygen atoms in total. The molecule has 0 N–H and O–H groups in total. The molecule has 0 radical (unpaired) electrons. The average Bonchev–Trinajstić information content (AvgIpc) is 2.96. The minimum Gasteiger partial charge on any atom is -0.314 e. The summed E-state index contributed by atoms with van der Waals surface area (Å²) in [6, 6.07) is 17.5. The molecule has 130 valence electrons. The second-order valence-corrected chi connectivity index (χ2v) is 6.52. The number of rotatable bonds is 3. The molecule has 2 aromatic carbocycles. The van der Waals surface area contributed by atoms with Crippen molar-refractivity contribution in [1.29, 1.82) is 0 Å². The van der Waals surface area contributed by atoms with E-state index < -0.39 is 11.7 Å². The predicted octanol–water partition coefficient (Wildman–Crippen LogP) is 6.59. The summed E-state index contributed by atoms with van der Waals surface area (Å²) >= 11 is 0. The molecule has 0 bridgehead atoms. The van der Waals surface area contributed by atoms with Gasteiger partial charge in [-0.25, -0.2) is 0 Å². The van der Waals surface area contributed by atoms with E-state index in [1.807, 2.05) is 19.1 Å². The molecule has 4 heteroatoms. The molecule has 0 saturated heterocycles. The Hall–Kier alpha value is -2.49. The zero-order valence-electron chi connectivity index (χ0n) is 14.4. The molecule has 0 amide bonds. The summed E-state index contributed by atoms with van der Waals surface area (Å²) in [6.45, 7) is 6.27. The van der Waals surface area contributed by atoms with Crippen LogP contribution in [0.2, 0.25) is 0 Å². The highest BCUT2D eigenvalue weighted by Crippen LogP contribution is 2.32. The first-order valence-electron chi connectivity index (χ1n) is 8.23. The third-order valence-corrected chi connectivity index (χ3v) is 4.40. The molecule has 0 spiro atoms. The van der Waals surface area contributed by atoms with E-state index in [9.17, 15) is 13.2 Å². The van der Waals surface area contributed by atoms with Gasteiger partial charge in [0, 0.05) is 11.4 Å². The number of aromatic nitrogens is 1. The zero-order valence-corrected chi connectivity index (χ0v) is 14.4. The fourth-order valence-corrected chi connectivity index (χ4v) is 2.94. The fourth-order valence-electron chi connectivity index (χ4n) is 2.94. The Morgan fingerprint density at radius 2 is 1.40 bits per heavy atom. The Balaban J connectivity index is 2.02. The van der Waals surface area contributed by atoms with Crippen LogP contribution in [0.5, 0.6) is 0 Å². The highest BCUT2D eigenvalue weighted by Gasteiger charge is 2.30. The van der Waals surface area contributed by atoms with Crippen molar-refractivity contribution in [3.63, 3.8) is 0 Å². The monoisotopic (exact) mass is 343 g/mol. The van der Waals surface area contributed by atoms with Crippen molar-refractivity contribution < 1.29 is 13.2 Å². The molecule has 0 fully saturated rings. The van der Waals surface area contributed by atoms with Crippen molar-refractivity contribution in [2.75, 3.05) is 0 Å². The Morgan fingerprint density at radius 3 is 1.92 bits per heavy atom. The van der Waals surface area contributed by atoms with E-state index >= 15 is 0 Å². The van der Waals surface area contributed by atoms with Gasteiger partial charge in [-0.3, -0.25) is 0 Å². The largest absolute Gasteiger partial charge is 0.416 e. The lowest BCUT2D eigenvalue weighted by atomic mass is 10.0. The van der Waals surface area contributed by atoms with Gasteiger partial charge in [-0.15, -0.1) is 0 Å². The van der Waals surface area contributed by atoms with Gasteiger partial charge in [0.15, 0.2) is 0 Å². The molecule has 3 aromatic rings. The van der Waals surface area contributed by atoms with Crippen LogP contribution in [0.25, 0.3) is 16.9 Å². The van der Waals surface area contributed by atoms with Crippen molar-refractivity contribution in [3.05, 3.63) is 77.5 Å². The lowest BCUT2D eigenvalue weighted by molar-refractivity contribution is -0.137. The molecule has 0 aliphatic rings. The van der Waals surface area contributed by atoms with E-state index in [1.165, 1.54) is 17.7 Å². The zero-order chi connectivity index (χ0) is 18.2. The molecular weight excluding hydrogens is 323 g/mol. The average molecular weight is 343 g/mol. The van der Waals surface area contributed by atoms with E-state index in [4.69, 9.17) is 0 Å². The lowest BCUT2D eigenvalue weighted by Gasteiger charge is -2.14. The maximum Gasteiger partial charge on any atom is 0.416 e. The number of nitrogens with zero attached hydrogens (tertiary/aromatic N) is 1. The highest BCUT2D eigenvalue weighted by molar-refractivity contribution is 5.64. The standard InChI is InChI=1S/C21H20F3N/c1-14(2)16-7-11-19(12-8-16)25-15(3)4-13-20(25)17-5-9-18(10-6-17)21(22,23)24/h4-14H,1-3H3. The van der Waals surface area contributed by atoms with E-state index in [2.05, 4.69) is 42.7 Å². The van der Waals surface area contributed by atoms with Crippen LogP contribution in [0.1, 0.15) is 36.6 Å². The van der Waals surface area contributed by atoms with Gasteiger partial charge in [0.2, 0.25) is 0 Å². The van der Waals surface area contributed by atoms with Crippen LogP contribution in [0, 0.1) is 6.92 Å². The summed E-state index contributed by atoms with van der Waals surface area (Å²) in [5, 5.41) is 0. The first-order chi connectivity index (χ1) is 11.8. The maximum atomic E-state index is 12.8. The van der Waals surface area contributed by atoms with Crippen LogP contribution in [-0.2, 0) is 6.18 Å². The second-order valence-electron chi connectivity index (χ2n) is 6.52. The third kappa shape index (κ3) is 3.48. The van der Waals surface area contributed by atoms with E-state index in [-0.39, 0.29) is 0 Å². The number of hydrogen-bond donors (Lipinski definition) is 0. The van der Waals surface area contributed by atoms with Crippen LogP contribution >= 0.6 is 0 Å². The van der Waals surface area contributed by atoms with Gasteiger partial charge < -0.3 is 4.57 Å². The van der Waals surface area contributed by atoms with Crippen molar-refractivity contribution in [2.24, 2.45) is 0 Å². The summed E-state index contributed by atoms with van der Waals surface area (Å²) < 4.78 is 40.4. The third-order valence-electron chi connectivity index (χ3n) is 4.40. The smallest absolute Gasteiger partial charge is 0.314 e. The lowest BCUT2D eigenvalue weighted by Crippen LogP contribution is -2.04. The first-order valence-corrected chi connectivity index (χ1v) is 8.23. The number of hydrogen-bond acceptors (Lipinski definition) is 0. The summed E-state index contributed by atoms with van der Waals surface area (Å²) in [7, 11) is 0. The van der Waals surface area contributed by atoms with Crippen LogP contribution < -0.4 is 0 Å². The van der Waals surface area contributed by atoms with Crippen LogP contribution in [0.3, 0.4) is 0 Å². The van der Waals surface area contributed by atoms with Gasteiger partial charge in [0.05, 0.1) is 11.3 Å². The van der Waals surface area contributed by atoms with Gasteiger partial charge in [-0.1, -0.05) is 38.1 Å². The number of alkyl halides is 3. The summed E-state index contributed by atoms with van der Waals surface area (Å²) in [5.74, 6) is 0.453. The summed E-state index contributed by atoms with van der Waals surface area (Å²) in [5.41, 5.74) is 4.29. The van der Waals surface area contributed by atoms with Crippen molar-refractivity contribution >= 4 is 0 Å². The van der Waals surface area contributed by atoms with E-state index in [1.54, 1.807) is 0 Å². The molecule has 0 unspecified atom stereocenters. The quantitative estimate of drug-likeness (QED) is 0.505. The summed E-state index contributed by atoms with van der Waals surface area (Å²) in [6.07, 6.45) is -4.32. The SMILES string of the molecule is Cc1ccc(-c2ccc(C(F)(F)F)cc2)n1-c1ccc(C(C)C)cc1. The highest BCUT2D eigenvalue weighted by atomic mass is 19.4. The first kappa shape index (κ1) is 17.3. The van der Waals surface area contributed by atoms with Gasteiger partial charge in [-0.05, 0) is 60.4 Å². The van der Waals surface area contributed by atoms with Gasteiger partial charge in [-0.2, -0.15) is 13.2 Å². The Morgan fingerprint density at radius 1 is 0.800 bits per heavy atom. The van der Waals surface area contributed by atoms with Crippen LogP contribution in [0.4, 0.5) is 13.2 Å². The number of aryl methyl sites for hydroxylation is 1. The van der Waals surface area contributed by atoms with Gasteiger partial charge in [0.25, 0.3) is 0 Å². The molecule has 0 aliphatic heterocycles. The molecular formula is C21H20F3N. The van der Waals surface area contributed by atoms with Crippen LogP contribution in [0.15, 0.2) is 60.7 Å². The minimum absolute atomic E-state index is 0.453. The predicted molar refractivity (Wildman–Crippen MR) is 95.0 cm³/mol. The van der Waals surface area contributed by atoms with Crippen molar-refractivity contribution in [1.82, 2.24) is 4.57 Å². The number of halogens is 3. The van der Waals surface area contributed by atoms with Gasteiger partial charge in [0.1, 0.15) is 0 Å². The Labute approximate surface area is 145 Å². The van der Waals surface area contributed by atoms with Crippen LogP contribution in [-0.4, -0.2) is 4.57 Å². The molecule has 0 saturated carbocycles. The van der Waals surface area contributed by atoms with Gasteiger partial charge >= 0.3 is 6.18 Å². The number of benzene rings is 2.